The monoisotopic (exact) mass is 323 g/mol. The summed E-state index contributed by atoms with van der Waals surface area (Å²) < 4.78 is 13.8. The van der Waals surface area contributed by atoms with Gasteiger partial charge in [0.15, 0.2) is 0 Å². The van der Waals surface area contributed by atoms with Crippen LogP contribution in [0.5, 0.6) is 0 Å². The molecule has 1 aliphatic rings. The average Bonchev–Trinajstić information content (AvgIpc) is 2.46. The maximum atomic E-state index is 13.8. The van der Waals surface area contributed by atoms with E-state index in [9.17, 15) is 14.3 Å². The van der Waals surface area contributed by atoms with E-state index in [4.69, 9.17) is 0 Å². The number of amides is 1. The lowest BCUT2D eigenvalue weighted by molar-refractivity contribution is -0.132. The molecule has 1 N–H and O–H groups in total. The summed E-state index contributed by atoms with van der Waals surface area (Å²) in [5.41, 5.74) is -0.225. The van der Waals surface area contributed by atoms with Crippen LogP contribution in [0.1, 0.15) is 13.8 Å². The van der Waals surface area contributed by atoms with Crippen molar-refractivity contribution < 1.29 is 14.3 Å². The van der Waals surface area contributed by atoms with E-state index < -0.39 is 5.60 Å². The minimum absolute atomic E-state index is 0.0462. The van der Waals surface area contributed by atoms with Crippen molar-refractivity contribution in [3.8, 4) is 0 Å². The Morgan fingerprint density at radius 2 is 1.87 bits per heavy atom. The number of benzene rings is 1. The molecule has 2 rings (SSSR count). The largest absolute Gasteiger partial charge is 0.389 e. The summed E-state index contributed by atoms with van der Waals surface area (Å²) in [6.45, 7) is 6.59. The molecule has 1 heterocycles. The van der Waals surface area contributed by atoms with Crippen LogP contribution in [0.4, 0.5) is 10.1 Å². The lowest BCUT2D eigenvalue weighted by Gasteiger charge is -2.37. The Labute approximate surface area is 137 Å². The van der Waals surface area contributed by atoms with Crippen molar-refractivity contribution in [3.63, 3.8) is 0 Å². The van der Waals surface area contributed by atoms with Gasteiger partial charge in [0.1, 0.15) is 5.82 Å². The normalized spacial score (nSPS) is 16.1. The second-order valence-corrected chi connectivity index (χ2v) is 6.80. The van der Waals surface area contributed by atoms with Crippen molar-refractivity contribution in [2.45, 2.75) is 19.4 Å². The van der Waals surface area contributed by atoms with Gasteiger partial charge in [-0.15, -0.1) is 0 Å². The number of carbonyl (C=O) groups is 1. The fourth-order valence-corrected chi connectivity index (χ4v) is 2.95. The highest BCUT2D eigenvalue weighted by Gasteiger charge is 2.24. The molecule has 1 aliphatic heterocycles. The van der Waals surface area contributed by atoms with Crippen molar-refractivity contribution in [2.24, 2.45) is 0 Å². The van der Waals surface area contributed by atoms with Gasteiger partial charge in [0.25, 0.3) is 0 Å². The number of piperazine rings is 1. The van der Waals surface area contributed by atoms with Crippen LogP contribution in [-0.4, -0.2) is 72.7 Å². The minimum atomic E-state index is -0.821. The van der Waals surface area contributed by atoms with Gasteiger partial charge < -0.3 is 14.9 Å². The molecular weight excluding hydrogens is 297 g/mol. The van der Waals surface area contributed by atoms with E-state index in [0.29, 0.717) is 38.4 Å². The Morgan fingerprint density at radius 1 is 1.26 bits per heavy atom. The summed E-state index contributed by atoms with van der Waals surface area (Å²) in [4.78, 5) is 17.9. The predicted molar refractivity (Wildman–Crippen MR) is 89.0 cm³/mol. The third-order valence-electron chi connectivity index (χ3n) is 3.89. The van der Waals surface area contributed by atoms with Crippen LogP contribution in [0.3, 0.4) is 0 Å². The third-order valence-corrected chi connectivity index (χ3v) is 3.89. The topological polar surface area (TPSA) is 47.0 Å². The van der Waals surface area contributed by atoms with Gasteiger partial charge in [-0.05, 0) is 33.0 Å². The summed E-state index contributed by atoms with van der Waals surface area (Å²) in [6, 6.07) is 6.72. The summed E-state index contributed by atoms with van der Waals surface area (Å²) in [5.74, 6) is -0.179. The minimum Gasteiger partial charge on any atom is -0.389 e. The number of para-hydroxylation sites is 1. The number of aliphatic hydroxyl groups is 1. The number of halogens is 1. The standard InChI is InChI=1S/C17H26FN3O2/c1-17(2,23)13-19(3)12-16(22)21-10-8-20(9-11-21)15-7-5-4-6-14(15)18/h4-7,23H,8-13H2,1-3H3. The maximum Gasteiger partial charge on any atom is 0.236 e. The van der Waals surface area contributed by atoms with Gasteiger partial charge in [0.2, 0.25) is 5.91 Å². The number of nitrogens with zero attached hydrogens (tertiary/aromatic N) is 3. The Hall–Kier alpha value is -1.66. The van der Waals surface area contributed by atoms with Gasteiger partial charge in [0.05, 0.1) is 17.8 Å². The zero-order valence-electron chi connectivity index (χ0n) is 14.1. The predicted octanol–water partition coefficient (Wildman–Crippen LogP) is 1.18. The van der Waals surface area contributed by atoms with Gasteiger partial charge in [0, 0.05) is 32.7 Å². The molecule has 128 valence electrons. The molecule has 0 bridgehead atoms. The van der Waals surface area contributed by atoms with Crippen molar-refractivity contribution in [1.82, 2.24) is 9.80 Å². The van der Waals surface area contributed by atoms with Gasteiger partial charge >= 0.3 is 0 Å². The van der Waals surface area contributed by atoms with Gasteiger partial charge in [-0.25, -0.2) is 4.39 Å². The molecule has 0 saturated carbocycles. The van der Waals surface area contributed by atoms with Crippen LogP contribution in [0.25, 0.3) is 0 Å². The molecule has 5 nitrogen and oxygen atoms in total. The van der Waals surface area contributed by atoms with Crippen molar-refractivity contribution in [1.29, 1.82) is 0 Å². The molecule has 1 fully saturated rings. The summed E-state index contributed by atoms with van der Waals surface area (Å²) in [7, 11) is 1.82. The SMILES string of the molecule is CN(CC(=O)N1CCN(c2ccccc2F)CC1)CC(C)(C)O. The van der Waals surface area contributed by atoms with E-state index in [2.05, 4.69) is 0 Å². The van der Waals surface area contributed by atoms with Gasteiger partial charge in [-0.2, -0.15) is 0 Å². The summed E-state index contributed by atoms with van der Waals surface area (Å²) in [5, 5.41) is 9.79. The van der Waals surface area contributed by atoms with Gasteiger partial charge in [-0.3, -0.25) is 9.69 Å². The highest BCUT2D eigenvalue weighted by atomic mass is 19.1. The zero-order chi connectivity index (χ0) is 17.0. The highest BCUT2D eigenvalue weighted by molar-refractivity contribution is 5.78. The fourth-order valence-electron chi connectivity index (χ4n) is 2.95. The molecule has 0 aromatic heterocycles. The quantitative estimate of drug-likeness (QED) is 0.884. The molecule has 6 heteroatoms. The first-order valence-electron chi connectivity index (χ1n) is 7.94. The number of hydrogen-bond acceptors (Lipinski definition) is 4. The third kappa shape index (κ3) is 5.18. The Morgan fingerprint density at radius 3 is 2.43 bits per heavy atom. The van der Waals surface area contributed by atoms with E-state index in [1.165, 1.54) is 6.07 Å². The smallest absolute Gasteiger partial charge is 0.236 e. The summed E-state index contributed by atoms with van der Waals surface area (Å²) in [6.07, 6.45) is 0. The van der Waals surface area contributed by atoms with E-state index >= 15 is 0 Å². The molecule has 0 aliphatic carbocycles. The Balaban J connectivity index is 1.84. The van der Waals surface area contributed by atoms with Crippen molar-refractivity contribution in [3.05, 3.63) is 30.1 Å². The lowest BCUT2D eigenvalue weighted by Crippen LogP contribution is -2.52. The maximum absolute atomic E-state index is 13.8. The molecule has 0 radical (unpaired) electrons. The Bertz CT molecular complexity index is 537. The van der Waals surface area contributed by atoms with Crippen LogP contribution in [0, 0.1) is 5.82 Å². The first-order chi connectivity index (χ1) is 10.8. The van der Waals surface area contributed by atoms with Crippen LogP contribution in [0.15, 0.2) is 24.3 Å². The molecule has 0 atom stereocenters. The molecule has 23 heavy (non-hydrogen) atoms. The summed E-state index contributed by atoms with van der Waals surface area (Å²) >= 11 is 0. The van der Waals surface area contributed by atoms with Crippen LogP contribution < -0.4 is 4.90 Å². The first kappa shape index (κ1) is 17.7. The van der Waals surface area contributed by atoms with Crippen molar-refractivity contribution in [2.75, 3.05) is 51.2 Å². The van der Waals surface area contributed by atoms with Crippen LogP contribution in [0.2, 0.25) is 0 Å². The van der Waals surface area contributed by atoms with Crippen molar-refractivity contribution >= 4 is 11.6 Å². The van der Waals surface area contributed by atoms with Crippen LogP contribution >= 0.6 is 0 Å². The Kier molecular flexibility index (Phi) is 5.59. The molecule has 1 saturated heterocycles. The molecule has 1 aromatic rings. The lowest BCUT2D eigenvalue weighted by atomic mass is 10.1. The highest BCUT2D eigenvalue weighted by Crippen LogP contribution is 2.20. The number of likely N-dealkylation sites (N-methyl/N-ethyl adjacent to an activating group) is 1. The van der Waals surface area contributed by atoms with Crippen LogP contribution in [-0.2, 0) is 4.79 Å². The number of rotatable bonds is 5. The second kappa shape index (κ2) is 7.27. The molecule has 1 aromatic carbocycles. The number of anilines is 1. The molecular formula is C17H26FN3O2. The van der Waals surface area contributed by atoms with E-state index in [1.807, 2.05) is 22.9 Å². The first-order valence-corrected chi connectivity index (χ1v) is 7.94. The molecule has 0 unspecified atom stereocenters. The number of hydrogen-bond donors (Lipinski definition) is 1. The molecule has 1 amide bonds. The van der Waals surface area contributed by atoms with Gasteiger partial charge in [-0.1, -0.05) is 12.1 Å². The van der Waals surface area contributed by atoms with E-state index in [1.54, 1.807) is 30.9 Å². The second-order valence-electron chi connectivity index (χ2n) is 6.80. The van der Waals surface area contributed by atoms with E-state index in [0.717, 1.165) is 0 Å². The average molecular weight is 323 g/mol. The fraction of sp³-hybridized carbons (Fsp3) is 0.588. The molecule has 0 spiro atoms. The number of carbonyl (C=O) groups excluding carboxylic acids is 1. The zero-order valence-corrected chi connectivity index (χ0v) is 14.1. The van der Waals surface area contributed by atoms with E-state index in [-0.39, 0.29) is 18.3 Å².